The molecule has 2 N–H and O–H groups in total. The first-order chi connectivity index (χ1) is 21.4. The van der Waals surface area contributed by atoms with Crippen LogP contribution in [0.5, 0.6) is 0 Å². The first-order valence-electron chi connectivity index (χ1n) is 17.2. The average Bonchev–Trinajstić information content (AvgIpc) is 3.85. The number of hydrogen-bond acceptors (Lipinski definition) is 11. The molecule has 8 rings (SSSR count). The summed E-state index contributed by atoms with van der Waals surface area (Å²) < 4.78 is 30.6. The van der Waals surface area contributed by atoms with E-state index in [0.717, 1.165) is 0 Å². The lowest BCUT2D eigenvalue weighted by Gasteiger charge is -2.63. The summed E-state index contributed by atoms with van der Waals surface area (Å²) in [6, 6.07) is 0. The van der Waals surface area contributed by atoms with Crippen LogP contribution in [0.3, 0.4) is 0 Å². The molecule has 0 unspecified atom stereocenters. The third-order valence-corrected chi connectivity index (χ3v) is 15.0. The smallest absolute Gasteiger partial charge is 0.341 e. The summed E-state index contributed by atoms with van der Waals surface area (Å²) in [4.78, 5) is 53.5. The average molecular weight is 645 g/mol. The summed E-state index contributed by atoms with van der Waals surface area (Å²) in [5.74, 6) is -5.23. The van der Waals surface area contributed by atoms with Crippen molar-refractivity contribution in [2.24, 2.45) is 63.6 Å². The van der Waals surface area contributed by atoms with Crippen LogP contribution in [0.4, 0.5) is 0 Å². The molecule has 5 saturated carbocycles. The van der Waals surface area contributed by atoms with Crippen molar-refractivity contribution in [1.29, 1.82) is 0 Å². The maximum atomic E-state index is 14.3. The van der Waals surface area contributed by atoms with E-state index in [4.69, 9.17) is 23.7 Å². The van der Waals surface area contributed by atoms with Crippen LogP contribution in [0.1, 0.15) is 81.1 Å². The Morgan fingerprint density at radius 3 is 2.33 bits per heavy atom. The Balaban J connectivity index is 1.26. The lowest BCUT2D eigenvalue weighted by Crippen LogP contribution is -2.69. The highest BCUT2D eigenvalue weighted by atomic mass is 16.8. The van der Waals surface area contributed by atoms with Gasteiger partial charge in [-0.05, 0) is 74.5 Å². The van der Waals surface area contributed by atoms with E-state index in [1.165, 1.54) is 13.8 Å². The summed E-state index contributed by atoms with van der Waals surface area (Å²) in [6.45, 7) is 14.8. The predicted molar refractivity (Wildman–Crippen MR) is 157 cm³/mol. The number of Topliss-reactive ketones (excluding diaryl/α,β-unsaturated/α-hetero) is 1. The van der Waals surface area contributed by atoms with Crippen molar-refractivity contribution in [3.8, 4) is 0 Å². The van der Waals surface area contributed by atoms with Gasteiger partial charge in [-0.15, -0.1) is 0 Å². The summed E-state index contributed by atoms with van der Waals surface area (Å²) in [5.41, 5.74) is -4.53. The van der Waals surface area contributed by atoms with Crippen molar-refractivity contribution in [3.05, 3.63) is 0 Å². The molecule has 0 radical (unpaired) electrons. The predicted octanol–water partition coefficient (Wildman–Crippen LogP) is 2.57. The summed E-state index contributed by atoms with van der Waals surface area (Å²) in [6.07, 6.45) is -1.98. The van der Waals surface area contributed by atoms with Gasteiger partial charge in [0.2, 0.25) is 5.79 Å². The lowest BCUT2D eigenvalue weighted by atomic mass is 9.42. The Morgan fingerprint density at radius 1 is 1.00 bits per heavy atom. The summed E-state index contributed by atoms with van der Waals surface area (Å²) in [5, 5.41) is 23.8. The van der Waals surface area contributed by atoms with Gasteiger partial charge in [0, 0.05) is 30.1 Å². The van der Waals surface area contributed by atoms with E-state index in [1.54, 1.807) is 0 Å². The van der Waals surface area contributed by atoms with Crippen molar-refractivity contribution in [3.63, 3.8) is 0 Å². The molecule has 0 aromatic carbocycles. The molecule has 254 valence electrons. The number of epoxide rings is 2. The minimum Gasteiger partial charge on any atom is -0.462 e. The van der Waals surface area contributed by atoms with E-state index in [9.17, 15) is 29.4 Å². The van der Waals surface area contributed by atoms with Crippen molar-refractivity contribution in [1.82, 2.24) is 0 Å². The molecule has 3 heterocycles. The number of carbonyl (C=O) groups is 4. The van der Waals surface area contributed by atoms with E-state index in [2.05, 4.69) is 13.8 Å². The van der Waals surface area contributed by atoms with Gasteiger partial charge in [-0.3, -0.25) is 14.4 Å². The standard InChI is InChI=1S/C35H48O11/c1-13(2)9-22(37)44-29-27-20(43-27)11-19-25(38)26(39)23-16-10-18-24(32(16,6)21(42-15(4)36)12-17(23)31(19,29)5)14(3)28-35(45-28)33(18,7)34(8,41)30(40)46-35/h13-14,16-21,23-24,26-29,39,41H,9-12H2,1-8H3/t14-,16-,17-,18+,19+,20-,21-,23-,24-,26+,27-,28-,29-,31+,32+,33-,34+,35+/m0/s1. The fraction of sp³-hybridized carbons (Fsp3) is 0.886. The molecule has 18 atom stereocenters. The molecule has 0 amide bonds. The Hall–Kier alpha value is -2.08. The van der Waals surface area contributed by atoms with Gasteiger partial charge in [0.1, 0.15) is 30.5 Å². The van der Waals surface area contributed by atoms with Gasteiger partial charge in [-0.2, -0.15) is 0 Å². The van der Waals surface area contributed by atoms with Gasteiger partial charge in [0.15, 0.2) is 11.4 Å². The van der Waals surface area contributed by atoms with Crippen LogP contribution >= 0.6 is 0 Å². The second-order valence-corrected chi connectivity index (χ2v) is 17.2. The van der Waals surface area contributed by atoms with Crippen molar-refractivity contribution in [2.75, 3.05) is 0 Å². The molecule has 0 aromatic rings. The zero-order chi connectivity index (χ0) is 33.3. The molecule has 46 heavy (non-hydrogen) atoms. The van der Waals surface area contributed by atoms with Crippen molar-refractivity contribution >= 4 is 23.7 Å². The van der Waals surface area contributed by atoms with Gasteiger partial charge < -0.3 is 33.9 Å². The minimum absolute atomic E-state index is 0.0919. The SMILES string of the molecule is CC(=O)O[C@H]1C[C@H]2[C@@H]([C@@H](O)C(=O)[C@H]3C[C@@H]4O[C@@H]4[C@H](OC(=O)CC(C)C)[C@@]32C)[C@@H]2C[C@@H]3[C@H]([C@H](C)[C@@H]4O[C@@]45OC(=O)[C@@](C)(O)[C@]35C)[C@@]12C. The van der Waals surface area contributed by atoms with Gasteiger partial charge in [0.25, 0.3) is 0 Å². The molecule has 3 aliphatic heterocycles. The number of esters is 3. The number of aliphatic hydroxyl groups excluding tert-OH is 1. The molecule has 11 nitrogen and oxygen atoms in total. The molecule has 8 fully saturated rings. The summed E-state index contributed by atoms with van der Waals surface area (Å²) >= 11 is 0. The Morgan fingerprint density at radius 2 is 1.67 bits per heavy atom. The second-order valence-electron chi connectivity index (χ2n) is 17.2. The van der Waals surface area contributed by atoms with Gasteiger partial charge in [-0.25, -0.2) is 4.79 Å². The lowest BCUT2D eigenvalue weighted by molar-refractivity contribution is -0.230. The summed E-state index contributed by atoms with van der Waals surface area (Å²) in [7, 11) is 0. The van der Waals surface area contributed by atoms with Crippen LogP contribution in [-0.4, -0.2) is 81.9 Å². The van der Waals surface area contributed by atoms with Crippen LogP contribution in [0.2, 0.25) is 0 Å². The number of ketones is 1. The molecule has 8 aliphatic rings. The molecular weight excluding hydrogens is 596 g/mol. The fourth-order valence-electron chi connectivity index (χ4n) is 12.8. The second kappa shape index (κ2) is 9.12. The van der Waals surface area contributed by atoms with Crippen molar-refractivity contribution < 1.29 is 53.1 Å². The third kappa shape index (κ3) is 3.39. The number of rotatable bonds is 4. The molecule has 0 bridgehead atoms. The zero-order valence-electron chi connectivity index (χ0n) is 28.0. The molecule has 3 saturated heterocycles. The largest absolute Gasteiger partial charge is 0.462 e. The van der Waals surface area contributed by atoms with Gasteiger partial charge in [-0.1, -0.05) is 34.6 Å². The highest BCUT2D eigenvalue weighted by Crippen LogP contribution is 2.80. The third-order valence-electron chi connectivity index (χ3n) is 15.0. The minimum atomic E-state index is -1.83. The highest BCUT2D eigenvalue weighted by molar-refractivity contribution is 5.88. The number of carbonyl (C=O) groups excluding carboxylic acids is 4. The first-order valence-corrected chi connectivity index (χ1v) is 17.2. The van der Waals surface area contributed by atoms with E-state index < -0.39 is 75.8 Å². The van der Waals surface area contributed by atoms with E-state index >= 15 is 0 Å². The Kier molecular flexibility index (Phi) is 6.19. The number of hydrogen-bond donors (Lipinski definition) is 2. The topological polar surface area (TPSA) is 161 Å². The van der Waals surface area contributed by atoms with Crippen LogP contribution < -0.4 is 0 Å². The molecular formula is C35H48O11. The number of fused-ring (bicyclic) bond motifs is 9. The van der Waals surface area contributed by atoms with E-state index in [0.29, 0.717) is 19.3 Å². The number of aliphatic hydroxyl groups is 2. The molecule has 0 aromatic heterocycles. The maximum Gasteiger partial charge on any atom is 0.341 e. The monoisotopic (exact) mass is 644 g/mol. The van der Waals surface area contributed by atoms with E-state index in [1.807, 2.05) is 27.7 Å². The molecule has 1 spiro atoms. The fourth-order valence-corrected chi connectivity index (χ4v) is 12.8. The first kappa shape index (κ1) is 31.2. The highest BCUT2D eigenvalue weighted by Gasteiger charge is 2.91. The van der Waals surface area contributed by atoms with E-state index in [-0.39, 0.29) is 65.9 Å². The normalized spacial score (nSPS) is 58.7. The van der Waals surface area contributed by atoms with Crippen LogP contribution in [0.15, 0.2) is 0 Å². The Labute approximate surface area is 269 Å². The Bertz CT molecular complexity index is 1420. The van der Waals surface area contributed by atoms with Crippen LogP contribution in [0, 0.1) is 63.6 Å². The zero-order valence-corrected chi connectivity index (χ0v) is 28.0. The van der Waals surface area contributed by atoms with Crippen LogP contribution in [0.25, 0.3) is 0 Å². The van der Waals surface area contributed by atoms with Crippen molar-refractivity contribution in [2.45, 2.75) is 129 Å². The van der Waals surface area contributed by atoms with Crippen LogP contribution in [-0.2, 0) is 42.9 Å². The molecule has 5 aliphatic carbocycles. The van der Waals surface area contributed by atoms with Gasteiger partial charge in [0.05, 0.1) is 11.5 Å². The number of ether oxygens (including phenoxy) is 5. The van der Waals surface area contributed by atoms with Gasteiger partial charge >= 0.3 is 17.9 Å². The molecule has 11 heteroatoms. The maximum absolute atomic E-state index is 14.3. The quantitative estimate of drug-likeness (QED) is 0.263.